The van der Waals surface area contributed by atoms with Crippen LogP contribution in [-0.4, -0.2) is 23.8 Å². The molecule has 4 nitrogen and oxygen atoms in total. The predicted molar refractivity (Wildman–Crippen MR) is 89.8 cm³/mol. The maximum atomic E-state index is 11.6. The topological polar surface area (TPSA) is 50.4 Å². The number of halogens is 1. The molecule has 2 N–H and O–H groups in total. The highest BCUT2D eigenvalue weighted by Crippen LogP contribution is 2.27. The Labute approximate surface area is 138 Å². The largest absolute Gasteiger partial charge is 0.444 e. The molecule has 1 amide bonds. The van der Waals surface area contributed by atoms with Crippen LogP contribution in [0.2, 0.25) is 0 Å². The highest BCUT2D eigenvalue weighted by molar-refractivity contribution is 9.10. The van der Waals surface area contributed by atoms with Crippen molar-refractivity contribution in [1.82, 2.24) is 10.6 Å². The van der Waals surface area contributed by atoms with E-state index in [1.54, 1.807) is 0 Å². The predicted octanol–water partition coefficient (Wildman–Crippen LogP) is 3.96. The number of hydrogen-bond donors (Lipinski definition) is 2. The third-order valence-corrected chi connectivity index (χ3v) is 5.47. The van der Waals surface area contributed by atoms with Gasteiger partial charge in [0.1, 0.15) is 5.60 Å². The minimum Gasteiger partial charge on any atom is -0.444 e. The minimum absolute atomic E-state index is 0.231. The zero-order valence-corrected chi connectivity index (χ0v) is 15.4. The fraction of sp³-hybridized carbons (Fsp3) is 0.667. The molecule has 0 saturated heterocycles. The van der Waals surface area contributed by atoms with Crippen molar-refractivity contribution < 1.29 is 9.53 Å². The van der Waals surface area contributed by atoms with Gasteiger partial charge >= 0.3 is 6.09 Å². The smallest absolute Gasteiger partial charge is 0.407 e. The lowest BCUT2D eigenvalue weighted by atomic mass is 9.87. The van der Waals surface area contributed by atoms with Crippen LogP contribution in [0.3, 0.4) is 0 Å². The van der Waals surface area contributed by atoms with Crippen molar-refractivity contribution in [3.05, 3.63) is 20.3 Å². The number of aryl methyl sites for hydroxylation is 1. The maximum Gasteiger partial charge on any atom is 0.407 e. The summed E-state index contributed by atoms with van der Waals surface area (Å²) in [5, 5.41) is 6.43. The molecule has 0 radical (unpaired) electrons. The Balaban J connectivity index is 1.64. The van der Waals surface area contributed by atoms with E-state index in [1.807, 2.05) is 32.1 Å². The molecular formula is C15H23BrN2O2S. The molecule has 1 heterocycles. The van der Waals surface area contributed by atoms with Gasteiger partial charge in [-0.1, -0.05) is 0 Å². The van der Waals surface area contributed by atoms with E-state index < -0.39 is 5.60 Å². The minimum atomic E-state index is -0.435. The number of carbonyl (C=O) groups is 1. The molecule has 2 rings (SSSR count). The number of hydrogen-bond acceptors (Lipinski definition) is 4. The average Bonchev–Trinajstić information content (AvgIpc) is 2.59. The molecule has 1 aromatic heterocycles. The van der Waals surface area contributed by atoms with E-state index >= 15 is 0 Å². The Hall–Kier alpha value is -0.590. The highest BCUT2D eigenvalue weighted by atomic mass is 79.9. The van der Waals surface area contributed by atoms with E-state index in [-0.39, 0.29) is 12.1 Å². The fourth-order valence-corrected chi connectivity index (χ4v) is 3.78. The van der Waals surface area contributed by atoms with Gasteiger partial charge < -0.3 is 15.4 Å². The summed E-state index contributed by atoms with van der Waals surface area (Å²) in [4.78, 5) is 14.3. The van der Waals surface area contributed by atoms with Crippen molar-refractivity contribution in [1.29, 1.82) is 0 Å². The summed E-state index contributed by atoms with van der Waals surface area (Å²) in [5.74, 6) is 0. The van der Waals surface area contributed by atoms with E-state index in [4.69, 9.17) is 4.74 Å². The van der Waals surface area contributed by atoms with Crippen LogP contribution in [0, 0.1) is 6.92 Å². The van der Waals surface area contributed by atoms with Gasteiger partial charge in [0.25, 0.3) is 0 Å². The maximum absolute atomic E-state index is 11.6. The number of carbonyl (C=O) groups excluding carboxylic acids is 1. The zero-order chi connectivity index (χ0) is 15.6. The summed E-state index contributed by atoms with van der Waals surface area (Å²) >= 11 is 5.35. The summed E-state index contributed by atoms with van der Waals surface area (Å²) < 4.78 is 6.43. The van der Waals surface area contributed by atoms with Crippen molar-refractivity contribution in [3.63, 3.8) is 0 Å². The third-order valence-electron chi connectivity index (χ3n) is 3.33. The van der Waals surface area contributed by atoms with E-state index in [9.17, 15) is 4.79 Å². The molecular weight excluding hydrogens is 352 g/mol. The number of amides is 1. The monoisotopic (exact) mass is 374 g/mol. The molecule has 0 aliphatic heterocycles. The van der Waals surface area contributed by atoms with Crippen LogP contribution in [0.4, 0.5) is 4.79 Å². The SMILES string of the molecule is Cc1sc(CNC2CC(NC(=O)OC(C)(C)C)C2)cc1Br. The first-order valence-corrected chi connectivity index (χ1v) is 8.81. The van der Waals surface area contributed by atoms with Crippen molar-refractivity contribution in [2.24, 2.45) is 0 Å². The summed E-state index contributed by atoms with van der Waals surface area (Å²) in [5.41, 5.74) is -0.435. The van der Waals surface area contributed by atoms with Gasteiger partial charge in [0, 0.05) is 32.9 Å². The molecule has 1 fully saturated rings. The molecule has 0 spiro atoms. The van der Waals surface area contributed by atoms with Crippen LogP contribution in [0.5, 0.6) is 0 Å². The van der Waals surface area contributed by atoms with Crippen LogP contribution in [-0.2, 0) is 11.3 Å². The number of rotatable bonds is 4. The molecule has 118 valence electrons. The normalized spacial score (nSPS) is 21.8. The number of thiophene rings is 1. The van der Waals surface area contributed by atoms with Crippen molar-refractivity contribution in [2.45, 2.75) is 64.8 Å². The molecule has 21 heavy (non-hydrogen) atoms. The standard InChI is InChI=1S/C15H23BrN2O2S/c1-9-13(16)7-12(21-9)8-17-10-5-11(6-10)18-14(19)20-15(2,3)4/h7,10-11,17H,5-6,8H2,1-4H3,(H,18,19). The summed E-state index contributed by atoms with van der Waals surface area (Å²) in [6, 6.07) is 2.88. The van der Waals surface area contributed by atoms with Crippen molar-refractivity contribution >= 4 is 33.4 Å². The van der Waals surface area contributed by atoms with Gasteiger partial charge in [0.05, 0.1) is 0 Å². The summed E-state index contributed by atoms with van der Waals surface area (Å²) in [6.07, 6.45) is 1.61. The fourth-order valence-electron chi connectivity index (χ4n) is 2.23. The highest BCUT2D eigenvalue weighted by Gasteiger charge is 2.31. The third kappa shape index (κ3) is 5.27. The second-order valence-corrected chi connectivity index (χ2v) is 8.70. The molecule has 1 saturated carbocycles. The zero-order valence-electron chi connectivity index (χ0n) is 13.0. The van der Waals surface area contributed by atoms with Gasteiger partial charge in [-0.3, -0.25) is 0 Å². The summed E-state index contributed by atoms with van der Waals surface area (Å²) in [6.45, 7) is 8.62. The Morgan fingerprint density at radius 2 is 2.10 bits per heavy atom. The average molecular weight is 375 g/mol. The first-order valence-electron chi connectivity index (χ1n) is 7.20. The Morgan fingerprint density at radius 3 is 2.62 bits per heavy atom. The molecule has 1 aromatic rings. The lowest BCUT2D eigenvalue weighted by Gasteiger charge is -2.36. The van der Waals surface area contributed by atoms with Crippen molar-refractivity contribution in [2.75, 3.05) is 0 Å². The molecule has 0 atom stereocenters. The molecule has 0 bridgehead atoms. The van der Waals surface area contributed by atoms with Crippen LogP contribution >= 0.6 is 27.3 Å². The first-order chi connectivity index (χ1) is 9.73. The number of ether oxygens (including phenoxy) is 1. The first kappa shape index (κ1) is 16.8. The van der Waals surface area contributed by atoms with Crippen LogP contribution in [0.1, 0.15) is 43.4 Å². The lowest BCUT2D eigenvalue weighted by molar-refractivity contribution is 0.0465. The van der Waals surface area contributed by atoms with Gasteiger partial charge in [-0.05, 0) is 62.5 Å². The molecule has 1 aliphatic carbocycles. The van der Waals surface area contributed by atoms with Crippen LogP contribution in [0.15, 0.2) is 10.5 Å². The Morgan fingerprint density at radius 1 is 1.43 bits per heavy atom. The van der Waals surface area contributed by atoms with Crippen LogP contribution < -0.4 is 10.6 Å². The van der Waals surface area contributed by atoms with E-state index in [0.717, 1.165) is 19.4 Å². The van der Waals surface area contributed by atoms with Gasteiger partial charge in [-0.2, -0.15) is 0 Å². The van der Waals surface area contributed by atoms with E-state index in [2.05, 4.69) is 39.6 Å². The lowest BCUT2D eigenvalue weighted by Crippen LogP contribution is -2.52. The van der Waals surface area contributed by atoms with Gasteiger partial charge in [-0.15, -0.1) is 11.3 Å². The number of alkyl carbamates (subject to hydrolysis) is 1. The molecule has 1 aliphatic rings. The Kier molecular flexibility index (Phi) is 5.33. The summed E-state index contributed by atoms with van der Waals surface area (Å²) in [7, 11) is 0. The van der Waals surface area contributed by atoms with Gasteiger partial charge in [0.2, 0.25) is 0 Å². The van der Waals surface area contributed by atoms with E-state index in [1.165, 1.54) is 14.2 Å². The van der Waals surface area contributed by atoms with E-state index in [0.29, 0.717) is 6.04 Å². The van der Waals surface area contributed by atoms with Gasteiger partial charge in [0.15, 0.2) is 0 Å². The molecule has 6 heteroatoms. The number of nitrogens with one attached hydrogen (secondary N) is 2. The Bertz CT molecular complexity index is 485. The van der Waals surface area contributed by atoms with Crippen LogP contribution in [0.25, 0.3) is 0 Å². The quantitative estimate of drug-likeness (QED) is 0.838. The van der Waals surface area contributed by atoms with Gasteiger partial charge in [-0.25, -0.2) is 4.79 Å². The van der Waals surface area contributed by atoms with Crippen molar-refractivity contribution in [3.8, 4) is 0 Å². The molecule has 0 aromatic carbocycles. The molecule has 0 unspecified atom stereocenters. The second kappa shape index (κ2) is 6.67. The second-order valence-electron chi connectivity index (χ2n) is 6.51.